The number of ether oxygens (including phenoxy) is 1. The van der Waals surface area contributed by atoms with Crippen molar-refractivity contribution in [3.63, 3.8) is 0 Å². The number of benzene rings is 1. The molecule has 1 atom stereocenters. The average molecular weight is 342 g/mol. The van der Waals surface area contributed by atoms with Gasteiger partial charge in [0, 0.05) is 37.2 Å². The molecule has 1 aromatic heterocycles. The van der Waals surface area contributed by atoms with Crippen molar-refractivity contribution < 1.29 is 19.2 Å². The van der Waals surface area contributed by atoms with E-state index in [9.17, 15) is 4.79 Å². The van der Waals surface area contributed by atoms with Crippen LogP contribution in [-0.4, -0.2) is 46.9 Å². The largest absolute Gasteiger partial charge is 0.493 e. The van der Waals surface area contributed by atoms with Gasteiger partial charge in [0.25, 0.3) is 5.91 Å². The lowest BCUT2D eigenvalue weighted by molar-refractivity contribution is 0.0682. The number of aliphatic hydroxyl groups excluding tert-OH is 1. The summed E-state index contributed by atoms with van der Waals surface area (Å²) in [6.07, 6.45) is 4.42. The van der Waals surface area contributed by atoms with Crippen LogP contribution in [0.1, 0.15) is 41.8 Å². The van der Waals surface area contributed by atoms with Crippen LogP contribution in [-0.2, 0) is 6.42 Å². The molecule has 2 aliphatic rings. The summed E-state index contributed by atoms with van der Waals surface area (Å²) in [6.45, 7) is 1.61. The number of carbonyl (C=O) groups excluding carboxylic acids is 1. The highest BCUT2D eigenvalue weighted by atomic mass is 16.5. The van der Waals surface area contributed by atoms with Gasteiger partial charge in [0.2, 0.25) is 5.76 Å². The predicted molar refractivity (Wildman–Crippen MR) is 91.5 cm³/mol. The third kappa shape index (κ3) is 3.14. The van der Waals surface area contributed by atoms with Crippen molar-refractivity contribution in [1.82, 2.24) is 10.1 Å². The molecule has 132 valence electrons. The van der Waals surface area contributed by atoms with Crippen LogP contribution in [0.4, 0.5) is 0 Å². The molecule has 1 fully saturated rings. The number of carbonyl (C=O) groups is 1. The lowest BCUT2D eigenvalue weighted by Gasteiger charge is -2.23. The van der Waals surface area contributed by atoms with Gasteiger partial charge < -0.3 is 19.3 Å². The number of likely N-dealkylation sites (tertiary alicyclic amines) is 1. The molecular weight excluding hydrogens is 320 g/mol. The third-order valence-electron chi connectivity index (χ3n) is 5.04. The minimum atomic E-state index is -0.108. The summed E-state index contributed by atoms with van der Waals surface area (Å²) < 4.78 is 10.9. The van der Waals surface area contributed by atoms with Crippen LogP contribution in [0.3, 0.4) is 0 Å². The maximum atomic E-state index is 12.8. The molecule has 0 saturated carbocycles. The summed E-state index contributed by atoms with van der Waals surface area (Å²) in [4.78, 5) is 14.6. The fourth-order valence-electron chi connectivity index (χ4n) is 3.73. The summed E-state index contributed by atoms with van der Waals surface area (Å²) in [5.41, 5.74) is 2.77. The molecule has 1 N–H and O–H groups in total. The highest BCUT2D eigenvalue weighted by Crippen LogP contribution is 2.31. The fraction of sp³-hybridized carbons (Fsp3) is 0.474. The zero-order valence-corrected chi connectivity index (χ0v) is 14.1. The first-order valence-corrected chi connectivity index (χ1v) is 8.91. The molecule has 1 unspecified atom stereocenters. The fourth-order valence-corrected chi connectivity index (χ4v) is 3.73. The predicted octanol–water partition coefficient (Wildman–Crippen LogP) is 2.65. The monoisotopic (exact) mass is 342 g/mol. The van der Waals surface area contributed by atoms with Crippen molar-refractivity contribution >= 4 is 5.91 Å². The molecular formula is C19H22N2O4. The average Bonchev–Trinajstić information content (AvgIpc) is 3.38. The third-order valence-corrected chi connectivity index (χ3v) is 5.04. The zero-order chi connectivity index (χ0) is 17.2. The van der Waals surface area contributed by atoms with Crippen molar-refractivity contribution in [2.75, 3.05) is 19.8 Å². The molecule has 0 radical (unpaired) electrons. The number of nitrogens with zero attached hydrogens (tertiary/aromatic N) is 2. The number of rotatable bonds is 5. The van der Waals surface area contributed by atoms with Gasteiger partial charge in [0.1, 0.15) is 11.4 Å². The molecule has 0 bridgehead atoms. The Kier molecular flexibility index (Phi) is 4.44. The quantitative estimate of drug-likeness (QED) is 0.904. The van der Waals surface area contributed by atoms with Gasteiger partial charge in [0.05, 0.1) is 6.61 Å². The van der Waals surface area contributed by atoms with E-state index in [4.69, 9.17) is 14.4 Å². The Morgan fingerprint density at radius 2 is 2.28 bits per heavy atom. The molecule has 1 saturated heterocycles. The summed E-state index contributed by atoms with van der Waals surface area (Å²) >= 11 is 0. The van der Waals surface area contributed by atoms with Gasteiger partial charge in [-0.25, -0.2) is 0 Å². The number of fused-ring (bicyclic) bond motifs is 1. The Balaban J connectivity index is 1.51. The summed E-state index contributed by atoms with van der Waals surface area (Å²) in [5.74, 6) is 1.10. The smallest absolute Gasteiger partial charge is 0.292 e. The number of amides is 1. The molecule has 2 aromatic rings. The molecule has 0 spiro atoms. The number of aliphatic hydroxyl groups is 1. The maximum absolute atomic E-state index is 12.8. The van der Waals surface area contributed by atoms with Gasteiger partial charge in [-0.3, -0.25) is 4.79 Å². The van der Waals surface area contributed by atoms with Crippen molar-refractivity contribution in [3.8, 4) is 17.0 Å². The van der Waals surface area contributed by atoms with Crippen LogP contribution in [0, 0.1) is 0 Å². The number of hydrogen-bond acceptors (Lipinski definition) is 5. The standard InChI is InChI=1S/C19H22N2O4/c22-9-2-4-15-3-1-8-21(15)19(23)18-12-16(20-25-18)13-5-6-17-14(11-13)7-10-24-17/h5-6,11-12,15,22H,1-4,7-10H2. The second-order valence-corrected chi connectivity index (χ2v) is 6.66. The summed E-state index contributed by atoms with van der Waals surface area (Å²) in [6, 6.07) is 7.84. The van der Waals surface area contributed by atoms with Crippen LogP contribution < -0.4 is 4.74 Å². The van der Waals surface area contributed by atoms with E-state index in [1.165, 1.54) is 0 Å². The van der Waals surface area contributed by atoms with Crippen LogP contribution >= 0.6 is 0 Å². The molecule has 25 heavy (non-hydrogen) atoms. The Labute approximate surface area is 146 Å². The summed E-state index contributed by atoms with van der Waals surface area (Å²) in [5, 5.41) is 13.1. The molecule has 1 amide bonds. The van der Waals surface area contributed by atoms with Crippen LogP contribution in [0.25, 0.3) is 11.3 Å². The second kappa shape index (κ2) is 6.88. The Bertz CT molecular complexity index is 771. The lowest BCUT2D eigenvalue weighted by atomic mass is 10.1. The van der Waals surface area contributed by atoms with Crippen LogP contribution in [0.2, 0.25) is 0 Å². The van der Waals surface area contributed by atoms with E-state index in [0.717, 1.165) is 49.1 Å². The zero-order valence-electron chi connectivity index (χ0n) is 14.1. The molecule has 4 rings (SSSR count). The van der Waals surface area contributed by atoms with Crippen molar-refractivity contribution in [1.29, 1.82) is 0 Å². The Morgan fingerprint density at radius 1 is 1.36 bits per heavy atom. The number of aromatic nitrogens is 1. The van der Waals surface area contributed by atoms with E-state index in [0.29, 0.717) is 18.7 Å². The minimum Gasteiger partial charge on any atom is -0.493 e. The lowest BCUT2D eigenvalue weighted by Crippen LogP contribution is -2.35. The molecule has 0 aliphatic carbocycles. The summed E-state index contributed by atoms with van der Waals surface area (Å²) in [7, 11) is 0. The van der Waals surface area contributed by atoms with E-state index in [1.54, 1.807) is 6.07 Å². The first kappa shape index (κ1) is 16.1. The molecule has 6 heteroatoms. The van der Waals surface area contributed by atoms with Crippen molar-refractivity contribution in [2.24, 2.45) is 0 Å². The highest BCUT2D eigenvalue weighted by molar-refractivity contribution is 5.92. The first-order chi connectivity index (χ1) is 12.3. The van der Waals surface area contributed by atoms with E-state index < -0.39 is 0 Å². The Hall–Kier alpha value is -2.34. The molecule has 6 nitrogen and oxygen atoms in total. The minimum absolute atomic E-state index is 0.108. The van der Waals surface area contributed by atoms with Crippen LogP contribution in [0.15, 0.2) is 28.8 Å². The molecule has 1 aromatic carbocycles. The van der Waals surface area contributed by atoms with Crippen molar-refractivity contribution in [3.05, 3.63) is 35.6 Å². The first-order valence-electron chi connectivity index (χ1n) is 8.91. The van der Waals surface area contributed by atoms with Gasteiger partial charge >= 0.3 is 0 Å². The SMILES string of the molecule is O=C(c1cc(-c2ccc3c(c2)CCO3)no1)N1CCCC1CCCO. The van der Waals surface area contributed by atoms with E-state index >= 15 is 0 Å². The van der Waals surface area contributed by atoms with Gasteiger partial charge in [-0.15, -0.1) is 0 Å². The number of hydrogen-bond donors (Lipinski definition) is 1. The van der Waals surface area contributed by atoms with Gasteiger partial charge in [-0.05, 0) is 49.4 Å². The van der Waals surface area contributed by atoms with Crippen LogP contribution in [0.5, 0.6) is 5.75 Å². The normalized spacial score (nSPS) is 19.1. The van der Waals surface area contributed by atoms with Gasteiger partial charge in [-0.2, -0.15) is 0 Å². The van der Waals surface area contributed by atoms with E-state index in [2.05, 4.69) is 5.16 Å². The highest BCUT2D eigenvalue weighted by Gasteiger charge is 2.31. The van der Waals surface area contributed by atoms with E-state index in [-0.39, 0.29) is 24.3 Å². The second-order valence-electron chi connectivity index (χ2n) is 6.66. The molecule has 2 aliphatic heterocycles. The Morgan fingerprint density at radius 3 is 3.16 bits per heavy atom. The maximum Gasteiger partial charge on any atom is 0.292 e. The van der Waals surface area contributed by atoms with E-state index in [1.807, 2.05) is 23.1 Å². The molecule has 3 heterocycles. The van der Waals surface area contributed by atoms with Crippen molar-refractivity contribution in [2.45, 2.75) is 38.1 Å². The van der Waals surface area contributed by atoms with Gasteiger partial charge in [0.15, 0.2) is 0 Å². The van der Waals surface area contributed by atoms with Gasteiger partial charge in [-0.1, -0.05) is 5.16 Å². The topological polar surface area (TPSA) is 75.8 Å².